The van der Waals surface area contributed by atoms with Crippen LogP contribution in [0.1, 0.15) is 46.0 Å². The Kier molecular flexibility index (Phi) is 3.78. The van der Waals surface area contributed by atoms with Gasteiger partial charge in [-0.05, 0) is 37.9 Å². The van der Waals surface area contributed by atoms with E-state index in [4.69, 9.17) is 0 Å². The fourth-order valence-corrected chi connectivity index (χ4v) is 4.09. The Hall–Kier alpha value is 0.310. The van der Waals surface area contributed by atoms with Crippen molar-refractivity contribution >= 4 is 11.8 Å². The normalized spacial score (nSPS) is 36.4. The van der Waals surface area contributed by atoms with Crippen LogP contribution in [0, 0.1) is 5.92 Å². The Morgan fingerprint density at radius 2 is 1.93 bits per heavy atom. The van der Waals surface area contributed by atoms with E-state index in [2.05, 4.69) is 30.9 Å². The van der Waals surface area contributed by atoms with Crippen molar-refractivity contribution in [2.75, 3.05) is 5.75 Å². The Balaban J connectivity index is 1.78. The molecule has 1 saturated heterocycles. The van der Waals surface area contributed by atoms with Crippen molar-refractivity contribution in [1.82, 2.24) is 5.32 Å². The smallest absolute Gasteiger partial charge is 0.0194 e. The van der Waals surface area contributed by atoms with Gasteiger partial charge in [-0.1, -0.05) is 19.8 Å². The monoisotopic (exact) mass is 213 g/mol. The first-order valence-corrected chi connectivity index (χ1v) is 7.20. The van der Waals surface area contributed by atoms with Crippen molar-refractivity contribution in [3.63, 3.8) is 0 Å². The Bertz CT molecular complexity index is 177. The third-order valence-electron chi connectivity index (χ3n) is 3.96. The molecule has 0 amide bonds. The molecular formula is C12H23NS. The van der Waals surface area contributed by atoms with Gasteiger partial charge < -0.3 is 5.32 Å². The molecule has 2 heteroatoms. The third kappa shape index (κ3) is 2.46. The van der Waals surface area contributed by atoms with Crippen LogP contribution >= 0.6 is 11.8 Å². The lowest BCUT2D eigenvalue weighted by molar-refractivity contribution is 0.340. The maximum absolute atomic E-state index is 3.85. The molecule has 1 aliphatic carbocycles. The molecule has 0 bridgehead atoms. The fraction of sp³-hybridized carbons (Fsp3) is 1.00. The van der Waals surface area contributed by atoms with Crippen molar-refractivity contribution in [3.8, 4) is 0 Å². The molecule has 2 fully saturated rings. The van der Waals surface area contributed by atoms with E-state index in [1.54, 1.807) is 0 Å². The van der Waals surface area contributed by atoms with Gasteiger partial charge in [0.25, 0.3) is 0 Å². The van der Waals surface area contributed by atoms with Gasteiger partial charge in [0.15, 0.2) is 0 Å². The summed E-state index contributed by atoms with van der Waals surface area (Å²) in [7, 11) is 0. The van der Waals surface area contributed by atoms with Crippen molar-refractivity contribution < 1.29 is 0 Å². The highest BCUT2D eigenvalue weighted by Gasteiger charge is 2.28. The van der Waals surface area contributed by atoms with E-state index in [0.29, 0.717) is 0 Å². The van der Waals surface area contributed by atoms with E-state index < -0.39 is 0 Å². The lowest BCUT2D eigenvalue weighted by Gasteiger charge is -2.26. The van der Waals surface area contributed by atoms with Crippen LogP contribution in [0.5, 0.6) is 0 Å². The summed E-state index contributed by atoms with van der Waals surface area (Å²) in [6, 6.07) is 1.54. The third-order valence-corrected chi connectivity index (χ3v) is 5.29. The maximum Gasteiger partial charge on any atom is 0.0194 e. The molecule has 0 aromatic carbocycles. The topological polar surface area (TPSA) is 12.0 Å². The second kappa shape index (κ2) is 4.89. The molecule has 3 atom stereocenters. The van der Waals surface area contributed by atoms with Gasteiger partial charge in [-0.3, -0.25) is 0 Å². The quantitative estimate of drug-likeness (QED) is 0.773. The highest BCUT2D eigenvalue weighted by atomic mass is 32.2. The van der Waals surface area contributed by atoms with Crippen LogP contribution in [0.25, 0.3) is 0 Å². The van der Waals surface area contributed by atoms with Gasteiger partial charge in [0.1, 0.15) is 0 Å². The minimum atomic E-state index is 0.753. The Labute approximate surface area is 92.4 Å². The largest absolute Gasteiger partial charge is 0.310 e. The number of hydrogen-bond acceptors (Lipinski definition) is 2. The molecule has 2 rings (SSSR count). The molecule has 1 aliphatic heterocycles. The highest BCUT2D eigenvalue weighted by molar-refractivity contribution is 8.00. The molecule has 1 nitrogen and oxygen atoms in total. The van der Waals surface area contributed by atoms with Crippen LogP contribution in [-0.2, 0) is 0 Å². The molecule has 0 radical (unpaired) electrons. The summed E-state index contributed by atoms with van der Waals surface area (Å²) < 4.78 is 0. The highest BCUT2D eigenvalue weighted by Crippen LogP contribution is 2.30. The zero-order valence-electron chi connectivity index (χ0n) is 9.46. The minimum Gasteiger partial charge on any atom is -0.310 e. The Morgan fingerprint density at radius 1 is 1.21 bits per heavy atom. The van der Waals surface area contributed by atoms with Crippen LogP contribution in [0.3, 0.4) is 0 Å². The molecule has 2 unspecified atom stereocenters. The van der Waals surface area contributed by atoms with E-state index in [0.717, 1.165) is 23.3 Å². The first-order valence-electron chi connectivity index (χ1n) is 6.15. The average Bonchev–Trinajstić information content (AvgIpc) is 2.77. The van der Waals surface area contributed by atoms with Crippen molar-refractivity contribution in [3.05, 3.63) is 0 Å². The van der Waals surface area contributed by atoms with Crippen LogP contribution in [0.15, 0.2) is 0 Å². The van der Waals surface area contributed by atoms with Crippen molar-refractivity contribution in [1.29, 1.82) is 0 Å². The summed E-state index contributed by atoms with van der Waals surface area (Å²) in [4.78, 5) is 0. The van der Waals surface area contributed by atoms with Crippen LogP contribution in [0.2, 0.25) is 0 Å². The maximum atomic E-state index is 3.85. The second-order valence-electron chi connectivity index (χ2n) is 4.97. The van der Waals surface area contributed by atoms with Gasteiger partial charge in [0, 0.05) is 17.3 Å². The zero-order valence-corrected chi connectivity index (χ0v) is 10.3. The number of nitrogens with one attached hydrogen (secondary N) is 1. The molecule has 14 heavy (non-hydrogen) atoms. The molecule has 2 aliphatic rings. The Morgan fingerprint density at radius 3 is 2.50 bits per heavy atom. The lowest BCUT2D eigenvalue weighted by atomic mass is 9.98. The molecule has 1 heterocycles. The van der Waals surface area contributed by atoms with Gasteiger partial charge in [0.2, 0.25) is 0 Å². The fourth-order valence-electron chi connectivity index (χ4n) is 2.88. The first-order chi connectivity index (χ1) is 6.77. The summed E-state index contributed by atoms with van der Waals surface area (Å²) in [5.41, 5.74) is 0. The molecule has 1 N–H and O–H groups in total. The summed E-state index contributed by atoms with van der Waals surface area (Å²) in [6.45, 7) is 4.77. The molecule has 0 aromatic rings. The van der Waals surface area contributed by atoms with Gasteiger partial charge in [-0.2, -0.15) is 11.8 Å². The molecule has 1 saturated carbocycles. The second-order valence-corrected chi connectivity index (χ2v) is 6.46. The minimum absolute atomic E-state index is 0.753. The van der Waals surface area contributed by atoms with E-state index in [-0.39, 0.29) is 0 Å². The summed E-state index contributed by atoms with van der Waals surface area (Å²) in [6.07, 6.45) is 7.23. The van der Waals surface area contributed by atoms with Crippen LogP contribution in [-0.4, -0.2) is 23.1 Å². The van der Waals surface area contributed by atoms with Crippen molar-refractivity contribution in [2.24, 2.45) is 5.92 Å². The predicted molar refractivity (Wildman–Crippen MR) is 64.9 cm³/mol. The number of hydrogen-bond donors (Lipinski definition) is 1. The average molecular weight is 213 g/mol. The lowest BCUT2D eigenvalue weighted by Crippen LogP contribution is -2.42. The summed E-state index contributed by atoms with van der Waals surface area (Å²) in [5.74, 6) is 2.32. The molecule has 82 valence electrons. The molecular weight excluding hydrogens is 190 g/mol. The van der Waals surface area contributed by atoms with E-state index in [1.807, 2.05) is 0 Å². The number of thioether (sulfide) groups is 1. The molecule has 0 spiro atoms. The van der Waals surface area contributed by atoms with Crippen LogP contribution in [0.4, 0.5) is 0 Å². The SMILES string of the molecule is CC1SCCC1N[C@@H](C)C1CCCC1. The predicted octanol–water partition coefficient (Wildman–Crippen LogP) is 3.05. The standard InChI is InChI=1S/C12H23NS/c1-9(11-5-3-4-6-11)13-12-7-8-14-10(12)2/h9-13H,3-8H2,1-2H3/t9-,10?,12?/m0/s1. The van der Waals surface area contributed by atoms with E-state index >= 15 is 0 Å². The zero-order chi connectivity index (χ0) is 9.97. The summed E-state index contributed by atoms with van der Waals surface area (Å²) in [5, 5.41) is 4.68. The van der Waals surface area contributed by atoms with Gasteiger partial charge >= 0.3 is 0 Å². The first kappa shape index (κ1) is 10.8. The van der Waals surface area contributed by atoms with Gasteiger partial charge in [0.05, 0.1) is 0 Å². The van der Waals surface area contributed by atoms with Crippen molar-refractivity contribution in [2.45, 2.75) is 63.3 Å². The number of rotatable bonds is 3. The van der Waals surface area contributed by atoms with Crippen LogP contribution < -0.4 is 5.32 Å². The molecule has 0 aromatic heterocycles. The van der Waals surface area contributed by atoms with E-state index in [1.165, 1.54) is 37.9 Å². The summed E-state index contributed by atoms with van der Waals surface area (Å²) >= 11 is 2.13. The van der Waals surface area contributed by atoms with Gasteiger partial charge in [-0.25, -0.2) is 0 Å². The van der Waals surface area contributed by atoms with Gasteiger partial charge in [-0.15, -0.1) is 0 Å². The van der Waals surface area contributed by atoms with E-state index in [9.17, 15) is 0 Å².